The molecule has 0 atom stereocenters. The van der Waals surface area contributed by atoms with Crippen molar-refractivity contribution in [3.05, 3.63) is 59.7 Å². The molecule has 0 aromatic heterocycles. The van der Waals surface area contributed by atoms with Gasteiger partial charge in [-0.1, -0.05) is 19.1 Å². The lowest BCUT2D eigenvalue weighted by Gasteiger charge is -2.07. The monoisotopic (exact) mass is 375 g/mol. The van der Waals surface area contributed by atoms with Crippen molar-refractivity contribution in [1.82, 2.24) is 10.1 Å². The van der Waals surface area contributed by atoms with Gasteiger partial charge in [-0.3, -0.25) is 4.79 Å². The Bertz CT molecular complexity index is 889. The molecule has 3 N–H and O–H groups in total. The Morgan fingerprint density at radius 1 is 1.04 bits per heavy atom. The Morgan fingerprint density at radius 2 is 1.62 bits per heavy atom. The first kappa shape index (κ1) is 19.6. The van der Waals surface area contributed by atoms with Crippen molar-refractivity contribution in [2.75, 3.05) is 6.54 Å². The SMILES string of the molecule is CCCNS(=O)(=O)c1ccc(/C(C)=N\NC(=O)c2ccc(O)cc2)cc1. The highest BCUT2D eigenvalue weighted by atomic mass is 32.2. The van der Waals surface area contributed by atoms with Crippen molar-refractivity contribution >= 4 is 21.6 Å². The fourth-order valence-corrected chi connectivity index (χ4v) is 3.21. The van der Waals surface area contributed by atoms with E-state index in [4.69, 9.17) is 0 Å². The smallest absolute Gasteiger partial charge is 0.271 e. The highest BCUT2D eigenvalue weighted by molar-refractivity contribution is 7.89. The van der Waals surface area contributed by atoms with Crippen LogP contribution in [0.2, 0.25) is 0 Å². The predicted octanol–water partition coefficient (Wildman–Crippen LogP) is 2.23. The number of phenolic OH excluding ortho intramolecular Hbond substituents is 1. The number of benzene rings is 2. The van der Waals surface area contributed by atoms with Gasteiger partial charge in [0.15, 0.2) is 0 Å². The normalized spacial score (nSPS) is 12.0. The molecule has 0 aliphatic heterocycles. The number of nitrogens with zero attached hydrogens (tertiary/aromatic N) is 1. The summed E-state index contributed by atoms with van der Waals surface area (Å²) < 4.78 is 26.6. The largest absolute Gasteiger partial charge is 0.508 e. The number of aromatic hydroxyl groups is 1. The first-order valence-electron chi connectivity index (χ1n) is 8.07. The maximum atomic E-state index is 12.1. The molecule has 2 aromatic rings. The van der Waals surface area contributed by atoms with Crippen LogP contribution in [0.25, 0.3) is 0 Å². The number of carbonyl (C=O) groups excluding carboxylic acids is 1. The molecule has 2 aromatic carbocycles. The number of phenols is 1. The number of sulfonamides is 1. The van der Waals surface area contributed by atoms with Crippen LogP contribution in [-0.2, 0) is 10.0 Å². The van der Waals surface area contributed by atoms with Gasteiger partial charge in [0, 0.05) is 12.1 Å². The summed E-state index contributed by atoms with van der Waals surface area (Å²) in [6.45, 7) is 3.97. The van der Waals surface area contributed by atoms with Crippen molar-refractivity contribution in [2.24, 2.45) is 5.10 Å². The molecule has 0 unspecified atom stereocenters. The van der Waals surface area contributed by atoms with Gasteiger partial charge in [0.1, 0.15) is 5.75 Å². The summed E-state index contributed by atoms with van der Waals surface area (Å²) in [6.07, 6.45) is 0.712. The van der Waals surface area contributed by atoms with Crippen LogP contribution >= 0.6 is 0 Å². The van der Waals surface area contributed by atoms with Crippen molar-refractivity contribution in [1.29, 1.82) is 0 Å². The molecule has 0 radical (unpaired) electrons. The van der Waals surface area contributed by atoms with Gasteiger partial charge in [-0.2, -0.15) is 5.10 Å². The Kier molecular flexibility index (Phi) is 6.48. The van der Waals surface area contributed by atoms with Gasteiger partial charge < -0.3 is 5.11 Å². The minimum atomic E-state index is -3.51. The summed E-state index contributed by atoms with van der Waals surface area (Å²) in [5.41, 5.74) is 4.01. The van der Waals surface area contributed by atoms with E-state index in [-0.39, 0.29) is 10.6 Å². The summed E-state index contributed by atoms with van der Waals surface area (Å²) >= 11 is 0. The van der Waals surface area contributed by atoms with Gasteiger partial charge >= 0.3 is 0 Å². The molecule has 2 rings (SSSR count). The van der Waals surface area contributed by atoms with Crippen molar-refractivity contribution < 1.29 is 18.3 Å². The van der Waals surface area contributed by atoms with Crippen LogP contribution in [0, 0.1) is 0 Å². The zero-order valence-corrected chi connectivity index (χ0v) is 15.4. The summed E-state index contributed by atoms with van der Waals surface area (Å²) in [4.78, 5) is 12.2. The minimum Gasteiger partial charge on any atom is -0.508 e. The predicted molar refractivity (Wildman–Crippen MR) is 99.7 cm³/mol. The summed E-state index contributed by atoms with van der Waals surface area (Å²) in [7, 11) is -3.51. The molecule has 138 valence electrons. The van der Waals surface area contributed by atoms with E-state index in [1.54, 1.807) is 19.1 Å². The van der Waals surface area contributed by atoms with Crippen molar-refractivity contribution in [2.45, 2.75) is 25.2 Å². The van der Waals surface area contributed by atoms with Gasteiger partial charge in [-0.15, -0.1) is 0 Å². The number of hydrogen-bond donors (Lipinski definition) is 3. The average Bonchev–Trinajstić information content (AvgIpc) is 2.65. The molecule has 1 amide bonds. The molecule has 0 aliphatic rings. The van der Waals surface area contributed by atoms with Crippen molar-refractivity contribution in [3.8, 4) is 5.75 Å². The van der Waals surface area contributed by atoms with Crippen LogP contribution in [0.15, 0.2) is 58.5 Å². The van der Waals surface area contributed by atoms with E-state index in [9.17, 15) is 18.3 Å². The Morgan fingerprint density at radius 3 is 2.19 bits per heavy atom. The molecule has 0 saturated carbocycles. The first-order valence-corrected chi connectivity index (χ1v) is 9.55. The maximum Gasteiger partial charge on any atom is 0.271 e. The van der Waals surface area contributed by atoms with Crippen LogP contribution in [0.4, 0.5) is 0 Å². The molecule has 0 heterocycles. The fourth-order valence-electron chi connectivity index (χ4n) is 2.07. The third-order valence-electron chi connectivity index (χ3n) is 3.58. The lowest BCUT2D eigenvalue weighted by Crippen LogP contribution is -2.24. The van der Waals surface area contributed by atoms with Gasteiger partial charge in [0.2, 0.25) is 10.0 Å². The molecule has 26 heavy (non-hydrogen) atoms. The zero-order valence-electron chi connectivity index (χ0n) is 14.6. The van der Waals surface area contributed by atoms with E-state index in [1.807, 2.05) is 6.92 Å². The summed E-state index contributed by atoms with van der Waals surface area (Å²) in [5.74, 6) is -0.336. The molecule has 0 aliphatic carbocycles. The third-order valence-corrected chi connectivity index (χ3v) is 5.06. The third kappa shape index (κ3) is 5.14. The second-order valence-electron chi connectivity index (χ2n) is 5.61. The number of nitrogens with one attached hydrogen (secondary N) is 2. The molecule has 8 heteroatoms. The van der Waals surface area contributed by atoms with Crippen LogP contribution in [0.1, 0.15) is 36.2 Å². The Balaban J connectivity index is 2.07. The van der Waals surface area contributed by atoms with Gasteiger partial charge in [0.25, 0.3) is 5.91 Å². The zero-order chi connectivity index (χ0) is 19.2. The highest BCUT2D eigenvalue weighted by Gasteiger charge is 2.13. The number of hydrazone groups is 1. The van der Waals surface area contributed by atoms with E-state index in [0.29, 0.717) is 29.8 Å². The Labute approximate surface area is 152 Å². The summed E-state index contributed by atoms with van der Waals surface area (Å²) in [6, 6.07) is 12.0. The molecule has 0 fully saturated rings. The average molecular weight is 375 g/mol. The van der Waals surface area contributed by atoms with Crippen LogP contribution in [0.5, 0.6) is 5.75 Å². The van der Waals surface area contributed by atoms with E-state index in [0.717, 1.165) is 0 Å². The van der Waals surface area contributed by atoms with E-state index in [2.05, 4.69) is 15.2 Å². The second kappa shape index (κ2) is 8.59. The topological polar surface area (TPSA) is 108 Å². The lowest BCUT2D eigenvalue weighted by molar-refractivity contribution is 0.0955. The molecular formula is C18H21N3O4S. The highest BCUT2D eigenvalue weighted by Crippen LogP contribution is 2.12. The van der Waals surface area contributed by atoms with Crippen LogP contribution < -0.4 is 10.1 Å². The fraction of sp³-hybridized carbons (Fsp3) is 0.222. The quantitative estimate of drug-likeness (QED) is 0.509. The summed E-state index contributed by atoms with van der Waals surface area (Å²) in [5, 5.41) is 13.3. The number of carbonyl (C=O) groups is 1. The van der Waals surface area contributed by atoms with E-state index in [1.165, 1.54) is 36.4 Å². The first-order chi connectivity index (χ1) is 12.3. The van der Waals surface area contributed by atoms with Gasteiger partial charge in [-0.25, -0.2) is 18.6 Å². The van der Waals surface area contributed by atoms with Crippen molar-refractivity contribution in [3.63, 3.8) is 0 Å². The molecule has 7 nitrogen and oxygen atoms in total. The van der Waals surface area contributed by atoms with E-state index < -0.39 is 15.9 Å². The van der Waals surface area contributed by atoms with Crippen LogP contribution in [0.3, 0.4) is 0 Å². The molecule has 0 bridgehead atoms. The number of amides is 1. The van der Waals surface area contributed by atoms with E-state index >= 15 is 0 Å². The number of hydrogen-bond acceptors (Lipinski definition) is 5. The molecule has 0 spiro atoms. The maximum absolute atomic E-state index is 12.1. The lowest BCUT2D eigenvalue weighted by atomic mass is 10.1. The molecule has 0 saturated heterocycles. The van der Waals surface area contributed by atoms with Gasteiger partial charge in [-0.05, 0) is 55.3 Å². The Hall–Kier alpha value is -2.71. The van der Waals surface area contributed by atoms with Gasteiger partial charge in [0.05, 0.1) is 10.6 Å². The standard InChI is InChI=1S/C18H21N3O4S/c1-3-12-19-26(24,25)17-10-6-14(7-11-17)13(2)20-21-18(23)15-4-8-16(22)9-5-15/h4-11,19,22H,3,12H2,1-2H3,(H,21,23)/b20-13-. The molecular weight excluding hydrogens is 354 g/mol. The second-order valence-corrected chi connectivity index (χ2v) is 7.37. The minimum absolute atomic E-state index is 0.0738. The number of rotatable bonds is 7. The van der Waals surface area contributed by atoms with Crippen LogP contribution in [-0.4, -0.2) is 31.7 Å².